The molecule has 12 heteroatoms. The van der Waals surface area contributed by atoms with Gasteiger partial charge in [0.15, 0.2) is 17.2 Å². The lowest BCUT2D eigenvalue weighted by atomic mass is 10.1. The number of nitrogen functional groups attached to an aromatic ring is 1. The molecule has 6 heterocycles. The summed E-state index contributed by atoms with van der Waals surface area (Å²) in [4.78, 5) is 40.5. The van der Waals surface area contributed by atoms with Crippen LogP contribution in [0, 0.1) is 6.92 Å². The van der Waals surface area contributed by atoms with Crippen molar-refractivity contribution in [2.24, 2.45) is 0 Å². The second kappa shape index (κ2) is 10.4. The number of piperazine rings is 1. The minimum Gasteiger partial charge on any atom is -0.443 e. The summed E-state index contributed by atoms with van der Waals surface area (Å²) in [6.45, 7) is 7.15. The molecule has 40 heavy (non-hydrogen) atoms. The maximum Gasteiger partial charge on any atom is 0.274 e. The molecule has 0 spiro atoms. The van der Waals surface area contributed by atoms with Gasteiger partial charge in [-0.15, -0.1) is 0 Å². The molecule has 0 aliphatic carbocycles. The molecule has 5 aromatic heterocycles. The molecule has 6 rings (SSSR count). The van der Waals surface area contributed by atoms with Crippen LogP contribution in [0.2, 0.25) is 0 Å². The highest BCUT2D eigenvalue weighted by Gasteiger charge is 2.24. The van der Waals surface area contributed by atoms with Crippen molar-refractivity contribution in [1.29, 1.82) is 0 Å². The van der Waals surface area contributed by atoms with E-state index in [-0.39, 0.29) is 23.9 Å². The summed E-state index contributed by atoms with van der Waals surface area (Å²) in [5.41, 5.74) is 10.2. The second-order valence-electron chi connectivity index (χ2n) is 9.98. The van der Waals surface area contributed by atoms with Gasteiger partial charge in [0.25, 0.3) is 5.91 Å². The van der Waals surface area contributed by atoms with Crippen molar-refractivity contribution in [3.63, 3.8) is 0 Å². The van der Waals surface area contributed by atoms with Crippen molar-refractivity contribution in [3.8, 4) is 22.8 Å². The number of oxazole rings is 1. The number of aryl methyl sites for hydroxylation is 1. The van der Waals surface area contributed by atoms with Gasteiger partial charge < -0.3 is 29.7 Å². The average molecular weight is 539 g/mol. The first kappa shape index (κ1) is 25.4. The van der Waals surface area contributed by atoms with Gasteiger partial charge in [-0.3, -0.25) is 4.79 Å². The molecule has 1 fully saturated rings. The van der Waals surface area contributed by atoms with E-state index in [2.05, 4.69) is 49.0 Å². The molecule has 1 aliphatic heterocycles. The number of likely N-dealkylation sites (N-methyl/N-ethyl adjacent to an activating group) is 1. The van der Waals surface area contributed by atoms with Crippen LogP contribution in [0.15, 0.2) is 59.6 Å². The van der Waals surface area contributed by atoms with Crippen molar-refractivity contribution >= 4 is 23.2 Å². The van der Waals surface area contributed by atoms with Crippen LogP contribution >= 0.6 is 0 Å². The Morgan fingerprint density at radius 3 is 2.80 bits per heavy atom. The van der Waals surface area contributed by atoms with Gasteiger partial charge >= 0.3 is 0 Å². The molecular formula is C28H30N10O2. The fraction of sp³-hybridized carbons (Fsp3) is 0.286. The smallest absolute Gasteiger partial charge is 0.274 e. The number of hydrogen-bond acceptors (Lipinski definition) is 10. The molecule has 1 aliphatic rings. The zero-order chi connectivity index (χ0) is 27.8. The van der Waals surface area contributed by atoms with Gasteiger partial charge in [0.1, 0.15) is 23.4 Å². The minimum atomic E-state index is -0.453. The third-order valence-corrected chi connectivity index (χ3v) is 7.24. The molecule has 204 valence electrons. The Hall–Kier alpha value is -4.84. The summed E-state index contributed by atoms with van der Waals surface area (Å²) in [6.07, 6.45) is 6.64. The van der Waals surface area contributed by atoms with Crippen LogP contribution in [-0.2, 0) is 6.54 Å². The summed E-state index contributed by atoms with van der Waals surface area (Å²) in [5.74, 6) is 0.671. The van der Waals surface area contributed by atoms with E-state index in [1.165, 1.54) is 12.5 Å². The SMILES string of the molecule is Cc1cnc2ccc(-c3nc(C(=O)NCc4cccc(N5CCN(C)[C@H](C)C5)n4)c(N)nc3-c3ncco3)cn12. The third-order valence-electron chi connectivity index (χ3n) is 7.24. The number of nitrogens with zero attached hydrogens (tertiary/aromatic N) is 8. The number of hydrogen-bond donors (Lipinski definition) is 2. The zero-order valence-electron chi connectivity index (χ0n) is 22.6. The van der Waals surface area contributed by atoms with Crippen molar-refractivity contribution in [3.05, 3.63) is 72.3 Å². The summed E-state index contributed by atoms with van der Waals surface area (Å²) < 4.78 is 7.45. The van der Waals surface area contributed by atoms with E-state index in [1.54, 1.807) is 6.20 Å². The number of nitrogens with two attached hydrogens (primary N) is 1. The Labute approximate surface area is 230 Å². The van der Waals surface area contributed by atoms with Gasteiger partial charge in [-0.25, -0.2) is 24.9 Å². The maximum absolute atomic E-state index is 13.3. The van der Waals surface area contributed by atoms with Gasteiger partial charge in [-0.2, -0.15) is 0 Å². The van der Waals surface area contributed by atoms with Gasteiger partial charge in [0, 0.05) is 49.3 Å². The van der Waals surface area contributed by atoms with Crippen molar-refractivity contribution in [2.45, 2.75) is 26.4 Å². The van der Waals surface area contributed by atoms with Crippen molar-refractivity contribution < 1.29 is 9.21 Å². The number of carbonyl (C=O) groups is 1. The van der Waals surface area contributed by atoms with E-state index in [0.717, 1.165) is 42.5 Å². The lowest BCUT2D eigenvalue weighted by Crippen LogP contribution is -2.50. The average Bonchev–Trinajstić information content (AvgIpc) is 3.63. The Bertz CT molecular complexity index is 1680. The van der Waals surface area contributed by atoms with E-state index >= 15 is 0 Å². The van der Waals surface area contributed by atoms with Gasteiger partial charge in [0.05, 0.1) is 18.4 Å². The van der Waals surface area contributed by atoms with Crippen LogP contribution in [0.3, 0.4) is 0 Å². The number of rotatable bonds is 6. The highest BCUT2D eigenvalue weighted by atomic mass is 16.3. The molecule has 0 saturated carbocycles. The van der Waals surface area contributed by atoms with E-state index in [4.69, 9.17) is 15.1 Å². The largest absolute Gasteiger partial charge is 0.443 e. The number of nitrogens with one attached hydrogen (secondary N) is 1. The number of pyridine rings is 2. The minimum absolute atomic E-state index is 0.0109. The maximum atomic E-state index is 13.3. The first-order valence-electron chi connectivity index (χ1n) is 13.1. The number of amides is 1. The first-order valence-corrected chi connectivity index (χ1v) is 13.1. The zero-order valence-corrected chi connectivity index (χ0v) is 22.6. The highest BCUT2D eigenvalue weighted by molar-refractivity contribution is 5.97. The van der Waals surface area contributed by atoms with Crippen LogP contribution in [0.1, 0.15) is 28.8 Å². The molecule has 0 aromatic carbocycles. The van der Waals surface area contributed by atoms with E-state index in [1.807, 2.05) is 47.9 Å². The van der Waals surface area contributed by atoms with Crippen LogP contribution in [0.25, 0.3) is 28.5 Å². The lowest BCUT2D eigenvalue weighted by molar-refractivity contribution is 0.0946. The van der Waals surface area contributed by atoms with E-state index in [0.29, 0.717) is 23.0 Å². The van der Waals surface area contributed by atoms with Gasteiger partial charge in [-0.1, -0.05) is 6.07 Å². The number of carbonyl (C=O) groups excluding carboxylic acids is 1. The molecule has 0 bridgehead atoms. The second-order valence-corrected chi connectivity index (χ2v) is 9.98. The standard InChI is InChI=1S/C28H30N10O2/c1-17-13-31-21-8-7-19(16-38(17)21)23-24(28-30-9-12-40-28)35-26(29)25(34-23)27(39)32-14-20-5-4-6-22(33-20)37-11-10-36(3)18(2)15-37/h4-9,12-13,16,18H,10-11,14-15H2,1-3H3,(H2,29,35)(H,32,39)/t18-/m1/s1. The molecule has 0 radical (unpaired) electrons. The Kier molecular flexibility index (Phi) is 6.60. The fourth-order valence-electron chi connectivity index (χ4n) is 4.80. The molecular weight excluding hydrogens is 508 g/mol. The van der Waals surface area contributed by atoms with Crippen LogP contribution < -0.4 is 16.0 Å². The first-order chi connectivity index (χ1) is 19.4. The van der Waals surface area contributed by atoms with Crippen LogP contribution in [0.4, 0.5) is 11.6 Å². The molecule has 1 atom stereocenters. The van der Waals surface area contributed by atoms with Crippen molar-refractivity contribution in [2.75, 3.05) is 37.3 Å². The summed E-state index contributed by atoms with van der Waals surface area (Å²) >= 11 is 0. The van der Waals surface area contributed by atoms with Gasteiger partial charge in [0.2, 0.25) is 5.89 Å². The topological polar surface area (TPSA) is 144 Å². The number of imidazole rings is 1. The molecule has 1 amide bonds. The highest BCUT2D eigenvalue weighted by Crippen LogP contribution is 2.30. The normalized spacial score (nSPS) is 16.0. The molecule has 3 N–H and O–H groups in total. The summed E-state index contributed by atoms with van der Waals surface area (Å²) in [7, 11) is 2.14. The van der Waals surface area contributed by atoms with E-state index < -0.39 is 5.91 Å². The fourth-order valence-corrected chi connectivity index (χ4v) is 4.80. The Balaban J connectivity index is 1.28. The molecule has 12 nitrogen and oxygen atoms in total. The van der Waals surface area contributed by atoms with Crippen molar-refractivity contribution in [1.82, 2.24) is 39.5 Å². The lowest BCUT2D eigenvalue weighted by Gasteiger charge is -2.38. The Morgan fingerprint density at radius 1 is 1.12 bits per heavy atom. The Morgan fingerprint density at radius 2 is 2.00 bits per heavy atom. The predicted octanol–water partition coefficient (Wildman–Crippen LogP) is 2.80. The summed E-state index contributed by atoms with van der Waals surface area (Å²) in [6, 6.07) is 10.0. The van der Waals surface area contributed by atoms with Crippen LogP contribution in [0.5, 0.6) is 0 Å². The number of aromatic nitrogens is 6. The van der Waals surface area contributed by atoms with E-state index in [9.17, 15) is 4.79 Å². The quantitative estimate of drug-likeness (QED) is 0.331. The predicted molar refractivity (Wildman–Crippen MR) is 151 cm³/mol. The molecule has 1 saturated heterocycles. The third kappa shape index (κ3) is 4.84. The number of fused-ring (bicyclic) bond motifs is 1. The van der Waals surface area contributed by atoms with Gasteiger partial charge in [-0.05, 0) is 45.2 Å². The number of anilines is 2. The summed E-state index contributed by atoms with van der Waals surface area (Å²) in [5, 5.41) is 2.90. The molecule has 0 unspecified atom stereocenters. The van der Waals surface area contributed by atoms with Crippen LogP contribution in [-0.4, -0.2) is 72.9 Å². The monoisotopic (exact) mass is 538 g/mol. The molecule has 5 aromatic rings.